The molecule has 0 radical (unpaired) electrons. The third-order valence-corrected chi connectivity index (χ3v) is 7.53. The lowest BCUT2D eigenvalue weighted by atomic mass is 10.0. The number of hydrogen-bond donors (Lipinski definition) is 1. The second-order valence-corrected chi connectivity index (χ2v) is 10.3. The predicted octanol–water partition coefficient (Wildman–Crippen LogP) is 3.04. The maximum absolute atomic E-state index is 13.1. The van der Waals surface area contributed by atoms with Crippen LogP contribution in [-0.2, 0) is 21.0 Å². The van der Waals surface area contributed by atoms with Crippen LogP contribution in [0.4, 0.5) is 0 Å². The number of ether oxygens (including phenoxy) is 4. The molecule has 1 N–H and O–H groups in total. The molecule has 34 heavy (non-hydrogen) atoms. The summed E-state index contributed by atoms with van der Waals surface area (Å²) < 4.78 is 46.8. The lowest BCUT2D eigenvalue weighted by Gasteiger charge is -2.20. The highest BCUT2D eigenvalue weighted by atomic mass is 32.2. The molecule has 0 aliphatic carbocycles. The quantitative estimate of drug-likeness (QED) is 0.502. The molecule has 0 saturated carbocycles. The van der Waals surface area contributed by atoms with Gasteiger partial charge in [0.25, 0.3) is 5.91 Å². The monoisotopic (exact) mass is 493 g/mol. The van der Waals surface area contributed by atoms with E-state index in [2.05, 4.69) is 5.32 Å². The van der Waals surface area contributed by atoms with Gasteiger partial charge in [-0.3, -0.25) is 4.79 Å². The Morgan fingerprint density at radius 3 is 2.00 bits per heavy atom. The lowest BCUT2D eigenvalue weighted by Crippen LogP contribution is -2.34. The van der Waals surface area contributed by atoms with Crippen molar-refractivity contribution in [2.24, 2.45) is 0 Å². The summed E-state index contributed by atoms with van der Waals surface area (Å²) >= 11 is 0. The van der Waals surface area contributed by atoms with Crippen molar-refractivity contribution in [3.05, 3.63) is 47.0 Å². The van der Waals surface area contributed by atoms with Gasteiger partial charge in [0.05, 0.1) is 44.1 Å². The van der Waals surface area contributed by atoms with Gasteiger partial charge in [-0.05, 0) is 51.0 Å². The number of nitrogens with one attached hydrogen (secondary N) is 1. The Kier molecular flexibility index (Phi) is 8.92. The maximum Gasteiger partial charge on any atom is 0.339 e. The fraction of sp³-hybridized carbons (Fsp3) is 0.417. The Balaban J connectivity index is 2.40. The fourth-order valence-corrected chi connectivity index (χ4v) is 4.93. The average Bonchev–Trinajstić information content (AvgIpc) is 2.81. The van der Waals surface area contributed by atoms with Gasteiger partial charge in [-0.2, -0.15) is 0 Å². The van der Waals surface area contributed by atoms with Gasteiger partial charge in [-0.15, -0.1) is 0 Å². The van der Waals surface area contributed by atoms with E-state index in [0.717, 1.165) is 0 Å². The highest BCUT2D eigenvalue weighted by Gasteiger charge is 2.30. The van der Waals surface area contributed by atoms with Crippen molar-refractivity contribution >= 4 is 21.7 Å². The number of rotatable bonds is 10. The first-order valence-corrected chi connectivity index (χ1v) is 12.1. The fourth-order valence-electron chi connectivity index (χ4n) is 3.49. The van der Waals surface area contributed by atoms with Crippen LogP contribution in [0.2, 0.25) is 0 Å². The molecule has 0 bridgehead atoms. The Morgan fingerprint density at radius 2 is 1.53 bits per heavy atom. The number of esters is 1. The van der Waals surface area contributed by atoms with Crippen LogP contribution in [0.15, 0.2) is 35.2 Å². The first-order valence-electron chi connectivity index (χ1n) is 10.6. The smallest absolute Gasteiger partial charge is 0.339 e. The molecule has 0 aliphatic heterocycles. The van der Waals surface area contributed by atoms with Gasteiger partial charge in [0.1, 0.15) is 0 Å². The molecule has 0 fully saturated rings. The third kappa shape index (κ3) is 5.61. The number of hydrogen-bond acceptors (Lipinski definition) is 8. The number of carbonyl (C=O) groups excluding carboxylic acids is 2. The zero-order chi connectivity index (χ0) is 25.6. The molecular weight excluding hydrogens is 462 g/mol. The van der Waals surface area contributed by atoms with E-state index in [1.165, 1.54) is 46.6 Å². The number of methoxy groups -OCH3 is 4. The standard InChI is InChI=1S/C24H31NO8S/c1-14(2)34(28,29)22-16(9-8-10-18(22)24(27)33-7)11-15(3)25-23(26)17-12-19(30-4)21(32-6)20(13-17)31-5/h8-10,12-15H,11H2,1-7H3,(H,25,26). The van der Waals surface area contributed by atoms with Crippen LogP contribution in [-0.4, -0.2) is 60.0 Å². The van der Waals surface area contributed by atoms with Gasteiger partial charge in [-0.1, -0.05) is 12.1 Å². The van der Waals surface area contributed by atoms with Crippen LogP contribution in [0.1, 0.15) is 47.1 Å². The third-order valence-electron chi connectivity index (χ3n) is 5.24. The first-order chi connectivity index (χ1) is 16.0. The summed E-state index contributed by atoms with van der Waals surface area (Å²) in [4.78, 5) is 25.1. The molecule has 186 valence electrons. The number of sulfone groups is 1. The minimum Gasteiger partial charge on any atom is -0.493 e. The second-order valence-electron chi connectivity index (χ2n) is 7.87. The predicted molar refractivity (Wildman–Crippen MR) is 127 cm³/mol. The Hall–Kier alpha value is -3.27. The second kappa shape index (κ2) is 11.2. The zero-order valence-electron chi connectivity index (χ0n) is 20.4. The Labute approximate surface area is 200 Å². The molecule has 1 atom stereocenters. The van der Waals surface area contributed by atoms with Crippen molar-refractivity contribution < 1.29 is 37.0 Å². The molecule has 1 unspecified atom stereocenters. The van der Waals surface area contributed by atoms with Gasteiger partial charge in [-0.25, -0.2) is 13.2 Å². The van der Waals surface area contributed by atoms with Crippen LogP contribution < -0.4 is 19.5 Å². The van der Waals surface area contributed by atoms with Crippen LogP contribution in [0, 0.1) is 0 Å². The average molecular weight is 494 g/mol. The summed E-state index contributed by atoms with van der Waals surface area (Å²) in [5.41, 5.74) is 0.658. The summed E-state index contributed by atoms with van der Waals surface area (Å²) in [5, 5.41) is 2.10. The summed E-state index contributed by atoms with van der Waals surface area (Å²) in [5.74, 6) is -0.136. The molecule has 9 nitrogen and oxygen atoms in total. The van der Waals surface area contributed by atoms with E-state index in [9.17, 15) is 18.0 Å². The van der Waals surface area contributed by atoms with E-state index in [4.69, 9.17) is 18.9 Å². The van der Waals surface area contributed by atoms with E-state index in [0.29, 0.717) is 22.8 Å². The summed E-state index contributed by atoms with van der Waals surface area (Å²) in [6, 6.07) is 7.22. The molecule has 0 aromatic heterocycles. The van der Waals surface area contributed by atoms with Crippen LogP contribution in [0.3, 0.4) is 0 Å². The maximum atomic E-state index is 13.1. The lowest BCUT2D eigenvalue weighted by molar-refractivity contribution is 0.0595. The molecule has 0 aliphatic rings. The highest BCUT2D eigenvalue weighted by molar-refractivity contribution is 7.92. The van der Waals surface area contributed by atoms with Crippen molar-refractivity contribution in [1.82, 2.24) is 5.32 Å². The normalized spacial score (nSPS) is 12.1. The molecular formula is C24H31NO8S. The van der Waals surface area contributed by atoms with Crippen LogP contribution in [0.5, 0.6) is 17.2 Å². The van der Waals surface area contributed by atoms with Crippen LogP contribution in [0.25, 0.3) is 0 Å². The van der Waals surface area contributed by atoms with E-state index in [1.54, 1.807) is 32.9 Å². The van der Waals surface area contributed by atoms with Crippen molar-refractivity contribution in [3.63, 3.8) is 0 Å². The molecule has 0 spiro atoms. The van der Waals surface area contributed by atoms with E-state index in [1.807, 2.05) is 0 Å². The van der Waals surface area contributed by atoms with Crippen LogP contribution >= 0.6 is 0 Å². The molecule has 2 aromatic rings. The minimum atomic E-state index is -3.81. The molecule has 2 aromatic carbocycles. The molecule has 1 amide bonds. The molecule has 0 heterocycles. The number of amides is 1. The van der Waals surface area contributed by atoms with Gasteiger partial charge in [0.2, 0.25) is 5.75 Å². The van der Waals surface area contributed by atoms with Crippen molar-refractivity contribution in [3.8, 4) is 17.2 Å². The van der Waals surface area contributed by atoms with Gasteiger partial charge < -0.3 is 24.3 Å². The summed E-state index contributed by atoms with van der Waals surface area (Å²) in [7, 11) is 1.76. The number of carbonyl (C=O) groups is 2. The first kappa shape index (κ1) is 27.0. The highest BCUT2D eigenvalue weighted by Crippen LogP contribution is 2.38. The molecule has 10 heteroatoms. The molecule has 2 rings (SSSR count). The van der Waals surface area contributed by atoms with Crippen molar-refractivity contribution in [2.75, 3.05) is 28.4 Å². The SMILES string of the molecule is COC(=O)c1cccc(CC(C)NC(=O)c2cc(OC)c(OC)c(OC)c2)c1S(=O)(=O)C(C)C. The largest absolute Gasteiger partial charge is 0.493 e. The Bertz CT molecular complexity index is 1130. The van der Waals surface area contributed by atoms with Gasteiger partial charge >= 0.3 is 5.97 Å². The van der Waals surface area contributed by atoms with Gasteiger partial charge in [0, 0.05) is 11.6 Å². The van der Waals surface area contributed by atoms with E-state index >= 15 is 0 Å². The van der Waals surface area contributed by atoms with E-state index < -0.39 is 33.0 Å². The zero-order valence-corrected chi connectivity index (χ0v) is 21.2. The van der Waals surface area contributed by atoms with Crippen molar-refractivity contribution in [2.45, 2.75) is 43.4 Å². The topological polar surface area (TPSA) is 117 Å². The Morgan fingerprint density at radius 1 is 0.941 bits per heavy atom. The van der Waals surface area contributed by atoms with Gasteiger partial charge in [0.15, 0.2) is 21.3 Å². The summed E-state index contributed by atoms with van der Waals surface area (Å²) in [6.45, 7) is 4.83. The minimum absolute atomic E-state index is 0.0307. The van der Waals surface area contributed by atoms with E-state index in [-0.39, 0.29) is 22.4 Å². The molecule has 0 saturated heterocycles. The number of benzene rings is 2. The summed E-state index contributed by atoms with van der Waals surface area (Å²) in [6.07, 6.45) is 0.169. The van der Waals surface area contributed by atoms with Crippen molar-refractivity contribution in [1.29, 1.82) is 0 Å².